The molecule has 1 aromatic heterocycles. The van der Waals surface area contributed by atoms with Crippen LogP contribution in [-0.4, -0.2) is 44.9 Å². The number of ether oxygens (including phenoxy) is 1. The highest BCUT2D eigenvalue weighted by Crippen LogP contribution is 2.25. The Balaban J connectivity index is 1.51. The molecule has 1 amide bonds. The normalized spacial score (nSPS) is 15.6. The highest BCUT2D eigenvalue weighted by Gasteiger charge is 2.27. The fourth-order valence-electron chi connectivity index (χ4n) is 2.73. The first-order valence-corrected chi connectivity index (χ1v) is 11.7. The van der Waals surface area contributed by atoms with E-state index < -0.39 is 10.0 Å². The summed E-state index contributed by atoms with van der Waals surface area (Å²) in [4.78, 5) is 12.9. The molecule has 1 aromatic carbocycles. The molecule has 0 radical (unpaired) electrons. The van der Waals surface area contributed by atoms with E-state index in [1.807, 2.05) is 24.3 Å². The van der Waals surface area contributed by atoms with Gasteiger partial charge in [-0.3, -0.25) is 4.79 Å². The molecule has 27 heavy (non-hydrogen) atoms. The predicted octanol–water partition coefficient (Wildman–Crippen LogP) is 2.78. The van der Waals surface area contributed by atoms with Crippen LogP contribution in [-0.2, 0) is 32.5 Å². The SMILES string of the molecule is O=C(CCc1cccc(Br)c1)NCc1ccc(S(=O)(=O)N2CCOCC2)s1. The van der Waals surface area contributed by atoms with Gasteiger partial charge in [-0.2, -0.15) is 4.31 Å². The average molecular weight is 473 g/mol. The Morgan fingerprint density at radius 1 is 1.22 bits per heavy atom. The van der Waals surface area contributed by atoms with E-state index in [1.54, 1.807) is 12.1 Å². The van der Waals surface area contributed by atoms with E-state index in [-0.39, 0.29) is 5.91 Å². The number of hydrogen-bond acceptors (Lipinski definition) is 5. The standard InChI is InChI=1S/C18H21BrN2O4S2/c19-15-3-1-2-14(12-15)4-6-17(22)20-13-16-5-7-18(26-16)27(23,24)21-8-10-25-11-9-21/h1-3,5,7,12H,4,6,8-11,13H2,(H,20,22). The van der Waals surface area contributed by atoms with E-state index in [2.05, 4.69) is 21.2 Å². The Bertz CT molecular complexity index is 892. The van der Waals surface area contributed by atoms with Crippen molar-refractivity contribution >= 4 is 43.2 Å². The zero-order valence-electron chi connectivity index (χ0n) is 14.7. The van der Waals surface area contributed by atoms with Crippen LogP contribution in [0, 0.1) is 0 Å². The highest BCUT2D eigenvalue weighted by atomic mass is 79.9. The lowest BCUT2D eigenvalue weighted by molar-refractivity contribution is -0.121. The molecule has 0 bridgehead atoms. The third-order valence-corrected chi connectivity index (χ3v) is 8.14. The van der Waals surface area contributed by atoms with Crippen molar-refractivity contribution in [2.24, 2.45) is 0 Å². The number of rotatable bonds is 7. The van der Waals surface area contributed by atoms with Crippen molar-refractivity contribution in [3.63, 3.8) is 0 Å². The summed E-state index contributed by atoms with van der Waals surface area (Å²) < 4.78 is 33.2. The Kier molecular flexibility index (Phi) is 7.04. The van der Waals surface area contributed by atoms with Gasteiger partial charge in [-0.1, -0.05) is 28.1 Å². The quantitative estimate of drug-likeness (QED) is 0.671. The van der Waals surface area contributed by atoms with E-state index in [0.29, 0.717) is 49.9 Å². The minimum Gasteiger partial charge on any atom is -0.379 e. The summed E-state index contributed by atoms with van der Waals surface area (Å²) in [5, 5.41) is 2.86. The van der Waals surface area contributed by atoms with Gasteiger partial charge in [0.05, 0.1) is 19.8 Å². The van der Waals surface area contributed by atoms with Gasteiger partial charge < -0.3 is 10.1 Å². The molecule has 0 saturated carbocycles. The molecule has 146 valence electrons. The number of carbonyl (C=O) groups excluding carboxylic acids is 1. The molecule has 0 aliphatic carbocycles. The monoisotopic (exact) mass is 472 g/mol. The van der Waals surface area contributed by atoms with Gasteiger partial charge in [0.2, 0.25) is 5.91 Å². The maximum Gasteiger partial charge on any atom is 0.252 e. The molecule has 0 spiro atoms. The first-order chi connectivity index (χ1) is 12.9. The number of benzene rings is 1. The molecule has 1 saturated heterocycles. The maximum atomic E-state index is 12.6. The van der Waals surface area contributed by atoms with Crippen LogP contribution in [0.2, 0.25) is 0 Å². The predicted molar refractivity (Wildman–Crippen MR) is 108 cm³/mol. The second kappa shape index (κ2) is 9.29. The second-order valence-corrected chi connectivity index (χ2v) is 10.4. The molecule has 6 nitrogen and oxygen atoms in total. The molecular formula is C18H21BrN2O4S2. The number of hydrogen-bond donors (Lipinski definition) is 1. The van der Waals surface area contributed by atoms with Crippen molar-refractivity contribution in [1.29, 1.82) is 0 Å². The van der Waals surface area contributed by atoms with Gasteiger partial charge in [-0.25, -0.2) is 8.42 Å². The Morgan fingerprint density at radius 2 is 2.00 bits per heavy atom. The summed E-state index contributed by atoms with van der Waals surface area (Å²) in [5.41, 5.74) is 1.09. The number of aryl methyl sites for hydroxylation is 1. The van der Waals surface area contributed by atoms with Gasteiger partial charge in [0.1, 0.15) is 4.21 Å². The summed E-state index contributed by atoms with van der Waals surface area (Å²) in [7, 11) is -3.48. The summed E-state index contributed by atoms with van der Waals surface area (Å²) in [6.07, 6.45) is 1.05. The van der Waals surface area contributed by atoms with Crippen molar-refractivity contribution < 1.29 is 17.9 Å². The van der Waals surface area contributed by atoms with Gasteiger partial charge in [-0.15, -0.1) is 11.3 Å². The van der Waals surface area contributed by atoms with Crippen LogP contribution >= 0.6 is 27.3 Å². The zero-order valence-corrected chi connectivity index (χ0v) is 17.9. The fourth-order valence-corrected chi connectivity index (χ4v) is 6.03. The molecule has 2 heterocycles. The van der Waals surface area contributed by atoms with E-state index >= 15 is 0 Å². The number of thiophene rings is 1. The summed E-state index contributed by atoms with van der Waals surface area (Å²) in [5.74, 6) is -0.0547. The number of nitrogens with zero attached hydrogens (tertiary/aromatic N) is 1. The van der Waals surface area contributed by atoms with Crippen molar-refractivity contribution in [3.05, 3.63) is 51.3 Å². The molecule has 1 aliphatic rings. The molecule has 0 unspecified atom stereocenters. The first kappa shape index (κ1) is 20.5. The van der Waals surface area contributed by atoms with Crippen LogP contribution in [0.25, 0.3) is 0 Å². The van der Waals surface area contributed by atoms with E-state index in [4.69, 9.17) is 4.74 Å². The van der Waals surface area contributed by atoms with Crippen LogP contribution in [0.15, 0.2) is 45.1 Å². The van der Waals surface area contributed by atoms with E-state index in [1.165, 1.54) is 15.6 Å². The third-order valence-electron chi connectivity index (χ3n) is 4.19. The number of morpholine rings is 1. The molecule has 1 aliphatic heterocycles. The molecule has 9 heteroatoms. The maximum absolute atomic E-state index is 12.6. The second-order valence-electron chi connectivity index (χ2n) is 6.14. The van der Waals surface area contributed by atoms with Gasteiger partial charge in [0.25, 0.3) is 10.0 Å². The van der Waals surface area contributed by atoms with Gasteiger partial charge >= 0.3 is 0 Å². The lowest BCUT2D eigenvalue weighted by Gasteiger charge is -2.25. The largest absolute Gasteiger partial charge is 0.379 e. The van der Waals surface area contributed by atoms with Crippen LogP contribution in [0.3, 0.4) is 0 Å². The van der Waals surface area contributed by atoms with E-state index in [0.717, 1.165) is 14.9 Å². The summed E-state index contributed by atoms with van der Waals surface area (Å²) >= 11 is 4.62. The minimum absolute atomic E-state index is 0.0547. The van der Waals surface area contributed by atoms with Crippen LogP contribution in [0.4, 0.5) is 0 Å². The van der Waals surface area contributed by atoms with Gasteiger partial charge in [0.15, 0.2) is 0 Å². The lowest BCUT2D eigenvalue weighted by atomic mass is 10.1. The van der Waals surface area contributed by atoms with E-state index in [9.17, 15) is 13.2 Å². The van der Waals surface area contributed by atoms with Crippen LogP contribution < -0.4 is 5.32 Å². The highest BCUT2D eigenvalue weighted by molar-refractivity contribution is 9.10. The molecule has 1 N–H and O–H groups in total. The number of nitrogens with one attached hydrogen (secondary N) is 1. The fraction of sp³-hybridized carbons (Fsp3) is 0.389. The number of halogens is 1. The topological polar surface area (TPSA) is 75.7 Å². The Morgan fingerprint density at radius 3 is 2.74 bits per heavy atom. The van der Waals surface area contributed by atoms with Gasteiger partial charge in [-0.05, 0) is 36.2 Å². The third kappa shape index (κ3) is 5.61. The number of amides is 1. The molecule has 3 rings (SSSR count). The molecular weight excluding hydrogens is 452 g/mol. The van der Waals surface area contributed by atoms with Crippen LogP contribution in [0.5, 0.6) is 0 Å². The Hall–Kier alpha value is -1.26. The zero-order chi connectivity index (χ0) is 19.3. The van der Waals surface area contributed by atoms with Crippen molar-refractivity contribution in [1.82, 2.24) is 9.62 Å². The minimum atomic E-state index is -3.48. The molecule has 1 fully saturated rings. The van der Waals surface area contributed by atoms with Crippen LogP contribution in [0.1, 0.15) is 16.9 Å². The lowest BCUT2D eigenvalue weighted by Crippen LogP contribution is -2.40. The summed E-state index contributed by atoms with van der Waals surface area (Å²) in [6, 6.07) is 11.2. The van der Waals surface area contributed by atoms with Gasteiger partial charge in [0, 0.05) is 28.9 Å². The average Bonchev–Trinajstić information content (AvgIpc) is 3.15. The molecule has 0 atom stereocenters. The smallest absolute Gasteiger partial charge is 0.252 e. The Labute approximate surface area is 171 Å². The van der Waals surface area contributed by atoms with Crippen molar-refractivity contribution in [2.45, 2.75) is 23.6 Å². The summed E-state index contributed by atoms with van der Waals surface area (Å²) in [6.45, 7) is 1.93. The first-order valence-electron chi connectivity index (χ1n) is 8.63. The van der Waals surface area contributed by atoms with Crippen molar-refractivity contribution in [2.75, 3.05) is 26.3 Å². The number of carbonyl (C=O) groups is 1. The number of sulfonamides is 1. The van der Waals surface area contributed by atoms with Crippen molar-refractivity contribution in [3.8, 4) is 0 Å². The molecule has 2 aromatic rings.